The van der Waals surface area contributed by atoms with Crippen LogP contribution in [0.15, 0.2) is 90.0 Å². The van der Waals surface area contributed by atoms with Gasteiger partial charge in [0.25, 0.3) is 15.9 Å². The molecule has 1 aliphatic rings. The quantitative estimate of drug-likeness (QED) is 0.271. The number of hydrogen-bond donors (Lipinski definition) is 1. The second-order valence-electron chi connectivity index (χ2n) is 9.82. The number of anilines is 1. The van der Waals surface area contributed by atoms with Crippen LogP contribution in [0.5, 0.6) is 0 Å². The lowest BCUT2D eigenvalue weighted by Crippen LogP contribution is -2.36. The van der Waals surface area contributed by atoms with Gasteiger partial charge in [0.15, 0.2) is 0 Å². The Labute approximate surface area is 244 Å². The summed E-state index contributed by atoms with van der Waals surface area (Å²) in [5.74, 6) is 0.260. The Kier molecular flexibility index (Phi) is 8.69. The van der Waals surface area contributed by atoms with Crippen molar-refractivity contribution < 1.29 is 13.2 Å². The smallest absolute Gasteiger partial charge is 0.268 e. The summed E-state index contributed by atoms with van der Waals surface area (Å²) in [7, 11) is -4.22. The molecular formula is C30H28Cl2N4O3S. The molecule has 1 aliphatic heterocycles. The Morgan fingerprint density at radius 2 is 1.62 bits per heavy atom. The van der Waals surface area contributed by atoms with E-state index < -0.39 is 15.9 Å². The third-order valence-electron chi connectivity index (χ3n) is 6.98. The van der Waals surface area contributed by atoms with Gasteiger partial charge >= 0.3 is 0 Å². The molecule has 0 radical (unpaired) electrons. The van der Waals surface area contributed by atoms with E-state index >= 15 is 0 Å². The minimum absolute atomic E-state index is 0.0178. The van der Waals surface area contributed by atoms with Gasteiger partial charge in [0.05, 0.1) is 16.3 Å². The average Bonchev–Trinajstić information content (AvgIpc) is 2.94. The fourth-order valence-electron chi connectivity index (χ4n) is 4.90. The first kappa shape index (κ1) is 28.1. The normalized spacial score (nSPS) is 14.2. The molecule has 0 aliphatic carbocycles. The first-order valence-electron chi connectivity index (χ1n) is 13.0. The Morgan fingerprint density at radius 3 is 2.35 bits per heavy atom. The van der Waals surface area contributed by atoms with Crippen LogP contribution in [0.4, 0.5) is 5.95 Å². The third-order valence-corrected chi connectivity index (χ3v) is 9.04. The maximum atomic E-state index is 13.3. The number of nitrogens with one attached hydrogen (secondary N) is 1. The van der Waals surface area contributed by atoms with E-state index in [0.717, 1.165) is 37.9 Å². The van der Waals surface area contributed by atoms with E-state index in [4.69, 9.17) is 28.2 Å². The van der Waals surface area contributed by atoms with Crippen LogP contribution < -0.4 is 9.62 Å². The fourth-order valence-corrected chi connectivity index (χ4v) is 6.60. The number of amides is 1. The number of nitrogens with zero attached hydrogens (tertiary/aromatic N) is 3. The standard InChI is InChI=1S/C30H28Cl2N4O3S/c31-24-10-6-9-23(18-24)19-27-25(29(37)35-40(38,39)28-12-5-4-11-26(28)32)20-33-30(34-27)36-15-13-22(14-16-36)17-21-7-2-1-3-8-21/h1-12,18,20,22H,13-17,19H2,(H,35,37). The van der Waals surface area contributed by atoms with Crippen molar-refractivity contribution in [1.82, 2.24) is 14.7 Å². The highest BCUT2D eigenvalue weighted by Crippen LogP contribution is 2.26. The number of carbonyl (C=O) groups is 1. The first-order chi connectivity index (χ1) is 19.3. The summed E-state index contributed by atoms with van der Waals surface area (Å²) in [6.45, 7) is 1.58. The second kappa shape index (κ2) is 12.4. The molecule has 0 spiro atoms. The van der Waals surface area contributed by atoms with E-state index in [2.05, 4.69) is 38.9 Å². The Balaban J connectivity index is 1.38. The summed E-state index contributed by atoms with van der Waals surface area (Å²) in [5.41, 5.74) is 2.65. The summed E-state index contributed by atoms with van der Waals surface area (Å²) in [4.78, 5) is 24.4. The molecule has 0 saturated carbocycles. The number of piperidine rings is 1. The van der Waals surface area contributed by atoms with Crippen molar-refractivity contribution >= 4 is 45.1 Å². The number of benzene rings is 3. The van der Waals surface area contributed by atoms with E-state index in [0.29, 0.717) is 22.6 Å². The largest absolute Gasteiger partial charge is 0.341 e. The molecule has 0 unspecified atom stereocenters. The van der Waals surface area contributed by atoms with E-state index in [9.17, 15) is 13.2 Å². The van der Waals surface area contributed by atoms with Crippen molar-refractivity contribution in [1.29, 1.82) is 0 Å². The minimum Gasteiger partial charge on any atom is -0.341 e. The molecule has 1 aromatic heterocycles. The van der Waals surface area contributed by atoms with Gasteiger partial charge in [0.2, 0.25) is 5.95 Å². The molecule has 10 heteroatoms. The maximum absolute atomic E-state index is 13.3. The monoisotopic (exact) mass is 594 g/mol. The molecule has 0 bridgehead atoms. The van der Waals surface area contributed by atoms with E-state index in [1.54, 1.807) is 18.2 Å². The minimum atomic E-state index is -4.22. The van der Waals surface area contributed by atoms with Gasteiger partial charge in [-0.2, -0.15) is 0 Å². The Bertz CT molecular complexity index is 1610. The van der Waals surface area contributed by atoms with Gasteiger partial charge in [-0.3, -0.25) is 4.79 Å². The van der Waals surface area contributed by atoms with Crippen LogP contribution in [-0.4, -0.2) is 37.4 Å². The highest BCUT2D eigenvalue weighted by atomic mass is 35.5. The number of aromatic nitrogens is 2. The number of rotatable bonds is 8. The van der Waals surface area contributed by atoms with Crippen LogP contribution in [0.2, 0.25) is 10.0 Å². The Morgan fingerprint density at radius 1 is 0.925 bits per heavy atom. The molecule has 1 N–H and O–H groups in total. The fraction of sp³-hybridized carbons (Fsp3) is 0.233. The zero-order chi connectivity index (χ0) is 28.1. The highest BCUT2D eigenvalue weighted by molar-refractivity contribution is 7.90. The molecule has 1 saturated heterocycles. The number of carbonyl (C=O) groups excluding carboxylic acids is 1. The van der Waals surface area contributed by atoms with Crippen LogP contribution in [0.3, 0.4) is 0 Å². The van der Waals surface area contributed by atoms with E-state index in [-0.39, 0.29) is 21.9 Å². The summed E-state index contributed by atoms with van der Waals surface area (Å²) in [5, 5.41) is 0.573. The molecule has 7 nitrogen and oxygen atoms in total. The van der Waals surface area contributed by atoms with Gasteiger partial charge < -0.3 is 4.90 Å². The highest BCUT2D eigenvalue weighted by Gasteiger charge is 2.26. The van der Waals surface area contributed by atoms with Gasteiger partial charge in [0, 0.05) is 30.7 Å². The zero-order valence-corrected chi connectivity index (χ0v) is 24.0. The summed E-state index contributed by atoms with van der Waals surface area (Å²) in [6, 6.07) is 23.7. The lowest BCUT2D eigenvalue weighted by atomic mass is 9.90. The molecule has 0 atom stereocenters. The maximum Gasteiger partial charge on any atom is 0.268 e. The van der Waals surface area contributed by atoms with Crippen LogP contribution >= 0.6 is 23.2 Å². The van der Waals surface area contributed by atoms with Crippen molar-refractivity contribution in [3.63, 3.8) is 0 Å². The first-order valence-corrected chi connectivity index (χ1v) is 15.2. The van der Waals surface area contributed by atoms with E-state index in [1.165, 1.54) is 30.0 Å². The molecule has 2 heterocycles. The van der Waals surface area contributed by atoms with Gasteiger partial charge in [-0.15, -0.1) is 0 Å². The van der Waals surface area contributed by atoms with Gasteiger partial charge in [0.1, 0.15) is 4.90 Å². The third kappa shape index (κ3) is 6.81. The SMILES string of the molecule is O=C(NS(=O)(=O)c1ccccc1Cl)c1cnc(N2CCC(Cc3ccccc3)CC2)nc1Cc1cccc(Cl)c1. The number of halogens is 2. The second-order valence-corrected chi connectivity index (χ2v) is 12.3. The molecule has 1 amide bonds. The number of sulfonamides is 1. The molecule has 1 fully saturated rings. The Hall–Kier alpha value is -3.46. The van der Waals surface area contributed by atoms with Crippen LogP contribution in [0, 0.1) is 5.92 Å². The molecule has 3 aromatic carbocycles. The van der Waals surface area contributed by atoms with Crippen molar-refractivity contribution in [3.8, 4) is 0 Å². The molecule has 4 aromatic rings. The number of hydrogen-bond acceptors (Lipinski definition) is 6. The lowest BCUT2D eigenvalue weighted by molar-refractivity contribution is 0.0980. The van der Waals surface area contributed by atoms with Crippen LogP contribution in [0.25, 0.3) is 0 Å². The predicted molar refractivity (Wildman–Crippen MR) is 157 cm³/mol. The van der Waals surface area contributed by atoms with Crippen molar-refractivity contribution in [2.75, 3.05) is 18.0 Å². The predicted octanol–water partition coefficient (Wildman–Crippen LogP) is 5.95. The molecule has 40 heavy (non-hydrogen) atoms. The van der Waals surface area contributed by atoms with Crippen LogP contribution in [-0.2, 0) is 22.9 Å². The molecule has 206 valence electrons. The van der Waals surface area contributed by atoms with E-state index in [1.807, 2.05) is 18.2 Å². The summed E-state index contributed by atoms with van der Waals surface area (Å²) < 4.78 is 28.0. The van der Waals surface area contributed by atoms with Crippen molar-refractivity contribution in [3.05, 3.63) is 117 Å². The zero-order valence-electron chi connectivity index (χ0n) is 21.6. The summed E-state index contributed by atoms with van der Waals surface area (Å²) in [6.07, 6.45) is 4.71. The van der Waals surface area contributed by atoms with Gasteiger partial charge in [-0.1, -0.05) is 77.8 Å². The summed E-state index contributed by atoms with van der Waals surface area (Å²) >= 11 is 12.3. The van der Waals surface area contributed by atoms with Crippen molar-refractivity contribution in [2.24, 2.45) is 5.92 Å². The van der Waals surface area contributed by atoms with Gasteiger partial charge in [-0.25, -0.2) is 23.1 Å². The topological polar surface area (TPSA) is 92.3 Å². The lowest BCUT2D eigenvalue weighted by Gasteiger charge is -2.32. The van der Waals surface area contributed by atoms with Gasteiger partial charge in [-0.05, 0) is 60.6 Å². The van der Waals surface area contributed by atoms with Crippen molar-refractivity contribution in [2.45, 2.75) is 30.6 Å². The van der Waals surface area contributed by atoms with Crippen LogP contribution in [0.1, 0.15) is 40.0 Å². The average molecular weight is 596 g/mol. The molecular weight excluding hydrogens is 567 g/mol. The molecule has 5 rings (SSSR count).